The molecule has 1 aromatic rings. The summed E-state index contributed by atoms with van der Waals surface area (Å²) in [6, 6.07) is 5.86. The first-order valence-corrected chi connectivity index (χ1v) is 6.71. The molecule has 1 fully saturated rings. The van der Waals surface area contributed by atoms with Gasteiger partial charge in [0, 0.05) is 23.8 Å². The Labute approximate surface area is 109 Å². The van der Waals surface area contributed by atoms with Crippen LogP contribution in [0.3, 0.4) is 0 Å². The van der Waals surface area contributed by atoms with Crippen LogP contribution in [0.4, 0.5) is 5.69 Å². The van der Waals surface area contributed by atoms with Crippen LogP contribution in [0.2, 0.25) is 0 Å². The fourth-order valence-corrected chi connectivity index (χ4v) is 2.55. The number of amides is 1. The third-order valence-electron chi connectivity index (χ3n) is 4.13. The molecule has 0 aliphatic heterocycles. The minimum atomic E-state index is 0.0607. The van der Waals surface area contributed by atoms with Crippen molar-refractivity contribution in [1.29, 1.82) is 0 Å². The van der Waals surface area contributed by atoms with Gasteiger partial charge in [0.1, 0.15) is 0 Å². The van der Waals surface area contributed by atoms with Crippen LogP contribution in [0.25, 0.3) is 0 Å². The van der Waals surface area contributed by atoms with Crippen LogP contribution in [0.5, 0.6) is 0 Å². The van der Waals surface area contributed by atoms with Gasteiger partial charge in [-0.2, -0.15) is 0 Å². The zero-order valence-corrected chi connectivity index (χ0v) is 11.5. The molecule has 1 aromatic carbocycles. The molecule has 1 amide bonds. The van der Waals surface area contributed by atoms with Gasteiger partial charge in [-0.15, -0.1) is 0 Å². The number of carbonyl (C=O) groups is 1. The van der Waals surface area contributed by atoms with Crippen LogP contribution in [0.15, 0.2) is 18.2 Å². The van der Waals surface area contributed by atoms with E-state index in [-0.39, 0.29) is 11.4 Å². The summed E-state index contributed by atoms with van der Waals surface area (Å²) in [7, 11) is 1.88. The Morgan fingerprint density at radius 2 is 2.11 bits per heavy atom. The molecule has 0 bridgehead atoms. The van der Waals surface area contributed by atoms with Gasteiger partial charge >= 0.3 is 0 Å². The SMILES string of the molecule is CCC1(NC(=O)c2ccc(NC)cc2C)CCC1. The second-order valence-corrected chi connectivity index (χ2v) is 5.22. The lowest BCUT2D eigenvalue weighted by molar-refractivity contribution is 0.0820. The van der Waals surface area contributed by atoms with E-state index >= 15 is 0 Å². The van der Waals surface area contributed by atoms with E-state index in [0.717, 1.165) is 36.1 Å². The Bertz CT molecular complexity index is 444. The number of hydrogen-bond donors (Lipinski definition) is 2. The van der Waals surface area contributed by atoms with Gasteiger partial charge in [-0.3, -0.25) is 4.79 Å². The molecular weight excluding hydrogens is 224 g/mol. The van der Waals surface area contributed by atoms with Gasteiger partial charge in [0.25, 0.3) is 5.91 Å². The van der Waals surface area contributed by atoms with Crippen molar-refractivity contribution in [2.75, 3.05) is 12.4 Å². The summed E-state index contributed by atoms with van der Waals surface area (Å²) in [4.78, 5) is 12.3. The molecule has 18 heavy (non-hydrogen) atoms. The standard InChI is InChI=1S/C15H22N2O/c1-4-15(8-5-9-15)17-14(18)13-7-6-12(16-3)10-11(13)2/h6-7,10,16H,4-5,8-9H2,1-3H3,(H,17,18). The largest absolute Gasteiger partial charge is 0.388 e. The zero-order chi connectivity index (χ0) is 13.2. The van der Waals surface area contributed by atoms with E-state index in [9.17, 15) is 4.79 Å². The highest BCUT2D eigenvalue weighted by molar-refractivity contribution is 5.96. The molecular formula is C15H22N2O. The van der Waals surface area contributed by atoms with Crippen molar-refractivity contribution in [3.63, 3.8) is 0 Å². The van der Waals surface area contributed by atoms with Gasteiger partial charge in [0.2, 0.25) is 0 Å². The summed E-state index contributed by atoms with van der Waals surface area (Å²) in [5.41, 5.74) is 2.90. The lowest BCUT2D eigenvalue weighted by Crippen LogP contribution is -2.53. The second kappa shape index (κ2) is 5.01. The first-order valence-electron chi connectivity index (χ1n) is 6.71. The molecule has 3 nitrogen and oxygen atoms in total. The predicted octanol–water partition coefficient (Wildman–Crippen LogP) is 3.10. The number of anilines is 1. The fraction of sp³-hybridized carbons (Fsp3) is 0.533. The molecule has 0 aromatic heterocycles. The van der Waals surface area contributed by atoms with Crippen LogP contribution in [0.1, 0.15) is 48.5 Å². The normalized spacial score (nSPS) is 16.8. The summed E-state index contributed by atoms with van der Waals surface area (Å²) in [5, 5.41) is 6.30. The maximum absolute atomic E-state index is 12.3. The van der Waals surface area contributed by atoms with Gasteiger partial charge in [0.15, 0.2) is 0 Å². The highest BCUT2D eigenvalue weighted by atomic mass is 16.1. The average Bonchev–Trinajstić information content (AvgIpc) is 2.33. The van der Waals surface area contributed by atoms with Crippen molar-refractivity contribution in [2.45, 2.75) is 45.1 Å². The van der Waals surface area contributed by atoms with E-state index in [1.54, 1.807) is 0 Å². The quantitative estimate of drug-likeness (QED) is 0.857. The van der Waals surface area contributed by atoms with Crippen molar-refractivity contribution in [3.05, 3.63) is 29.3 Å². The first kappa shape index (κ1) is 12.9. The second-order valence-electron chi connectivity index (χ2n) is 5.22. The summed E-state index contributed by atoms with van der Waals surface area (Å²) in [6.45, 7) is 4.13. The molecule has 1 aliphatic carbocycles. The Morgan fingerprint density at radius 1 is 1.39 bits per heavy atom. The number of nitrogens with one attached hydrogen (secondary N) is 2. The third kappa shape index (κ3) is 2.35. The van der Waals surface area contributed by atoms with Crippen LogP contribution in [-0.4, -0.2) is 18.5 Å². The molecule has 0 saturated heterocycles. The van der Waals surface area contributed by atoms with Crippen LogP contribution in [0, 0.1) is 6.92 Å². The molecule has 1 aliphatic rings. The minimum Gasteiger partial charge on any atom is -0.388 e. The van der Waals surface area contributed by atoms with Gasteiger partial charge in [0.05, 0.1) is 0 Å². The number of carbonyl (C=O) groups excluding carboxylic acids is 1. The molecule has 0 atom stereocenters. The third-order valence-corrected chi connectivity index (χ3v) is 4.13. The van der Waals surface area contributed by atoms with Crippen LogP contribution < -0.4 is 10.6 Å². The van der Waals surface area contributed by atoms with Crippen LogP contribution in [-0.2, 0) is 0 Å². The number of rotatable bonds is 4. The van der Waals surface area contributed by atoms with Crippen molar-refractivity contribution in [2.24, 2.45) is 0 Å². The maximum atomic E-state index is 12.3. The van der Waals surface area contributed by atoms with Crippen molar-refractivity contribution in [1.82, 2.24) is 5.32 Å². The van der Waals surface area contributed by atoms with E-state index in [4.69, 9.17) is 0 Å². The summed E-state index contributed by atoms with van der Waals surface area (Å²) in [5.74, 6) is 0.0664. The lowest BCUT2D eigenvalue weighted by Gasteiger charge is -2.42. The first-order chi connectivity index (χ1) is 8.60. The fourth-order valence-electron chi connectivity index (χ4n) is 2.55. The van der Waals surface area contributed by atoms with Crippen molar-refractivity contribution < 1.29 is 4.79 Å². The molecule has 1 saturated carbocycles. The van der Waals surface area contributed by atoms with Gasteiger partial charge in [-0.1, -0.05) is 6.92 Å². The number of benzene rings is 1. The van der Waals surface area contributed by atoms with Gasteiger partial charge in [-0.05, 0) is 56.4 Å². The highest BCUT2D eigenvalue weighted by Crippen LogP contribution is 2.35. The average molecular weight is 246 g/mol. The van der Waals surface area contributed by atoms with Gasteiger partial charge in [-0.25, -0.2) is 0 Å². The Kier molecular flexibility index (Phi) is 3.60. The topological polar surface area (TPSA) is 41.1 Å². The van der Waals surface area contributed by atoms with Gasteiger partial charge < -0.3 is 10.6 Å². The molecule has 2 rings (SSSR count). The highest BCUT2D eigenvalue weighted by Gasteiger charge is 2.36. The van der Waals surface area contributed by atoms with E-state index < -0.39 is 0 Å². The number of aryl methyl sites for hydroxylation is 1. The molecule has 0 unspecified atom stereocenters. The summed E-state index contributed by atoms with van der Waals surface area (Å²) in [6.07, 6.45) is 4.48. The predicted molar refractivity (Wildman–Crippen MR) is 75.1 cm³/mol. The molecule has 0 heterocycles. The van der Waals surface area contributed by atoms with E-state index in [0.29, 0.717) is 0 Å². The molecule has 0 spiro atoms. The van der Waals surface area contributed by atoms with Crippen LogP contribution >= 0.6 is 0 Å². The van der Waals surface area contributed by atoms with E-state index in [1.807, 2.05) is 32.2 Å². The molecule has 3 heteroatoms. The maximum Gasteiger partial charge on any atom is 0.251 e. The summed E-state index contributed by atoms with van der Waals surface area (Å²) < 4.78 is 0. The Morgan fingerprint density at radius 3 is 2.56 bits per heavy atom. The van der Waals surface area contributed by atoms with E-state index in [1.165, 1.54) is 6.42 Å². The van der Waals surface area contributed by atoms with E-state index in [2.05, 4.69) is 17.6 Å². The smallest absolute Gasteiger partial charge is 0.251 e. The number of hydrogen-bond acceptors (Lipinski definition) is 2. The Hall–Kier alpha value is -1.51. The summed E-state index contributed by atoms with van der Waals surface area (Å²) >= 11 is 0. The minimum absolute atomic E-state index is 0.0607. The Balaban J connectivity index is 2.14. The molecule has 0 radical (unpaired) electrons. The monoisotopic (exact) mass is 246 g/mol. The molecule has 2 N–H and O–H groups in total. The van der Waals surface area contributed by atoms with Crippen molar-refractivity contribution >= 4 is 11.6 Å². The zero-order valence-electron chi connectivity index (χ0n) is 11.5. The lowest BCUT2D eigenvalue weighted by atomic mass is 9.74. The molecule has 98 valence electrons. The van der Waals surface area contributed by atoms with Crippen molar-refractivity contribution in [3.8, 4) is 0 Å².